The highest BCUT2D eigenvalue weighted by Gasteiger charge is 2.17. The third-order valence-electron chi connectivity index (χ3n) is 4.05. The van der Waals surface area contributed by atoms with E-state index in [1.165, 1.54) is 18.2 Å². The van der Waals surface area contributed by atoms with Gasteiger partial charge in [0.25, 0.3) is 10.9 Å². The predicted octanol–water partition coefficient (Wildman–Crippen LogP) is 3.41. The summed E-state index contributed by atoms with van der Waals surface area (Å²) in [4.78, 5) is 22.5. The first-order chi connectivity index (χ1) is 14.0. The van der Waals surface area contributed by atoms with Crippen molar-refractivity contribution in [3.8, 4) is 23.0 Å². The van der Waals surface area contributed by atoms with E-state index in [-0.39, 0.29) is 29.4 Å². The van der Waals surface area contributed by atoms with E-state index in [1.807, 2.05) is 0 Å². The minimum atomic E-state index is -0.484. The fourth-order valence-electron chi connectivity index (χ4n) is 2.63. The van der Waals surface area contributed by atoms with Crippen molar-refractivity contribution in [2.45, 2.75) is 12.1 Å². The van der Waals surface area contributed by atoms with Crippen LogP contribution in [0, 0.1) is 17.0 Å². The van der Waals surface area contributed by atoms with Crippen molar-refractivity contribution in [1.82, 2.24) is 10.2 Å². The number of aryl methyl sites for hydroxylation is 1. The highest BCUT2D eigenvalue weighted by atomic mass is 32.2. The average Bonchev–Trinajstić information content (AvgIpc) is 3.36. The van der Waals surface area contributed by atoms with Gasteiger partial charge in [0.1, 0.15) is 0 Å². The molecule has 0 saturated heterocycles. The van der Waals surface area contributed by atoms with Crippen LogP contribution >= 0.6 is 11.8 Å². The molecule has 0 radical (unpaired) electrons. The molecule has 1 aromatic heterocycles. The molecule has 1 aliphatic rings. The first-order valence-electron chi connectivity index (χ1n) is 8.41. The molecule has 1 aliphatic heterocycles. The maximum atomic E-state index is 12.2. The van der Waals surface area contributed by atoms with Crippen LogP contribution in [0.25, 0.3) is 11.5 Å². The molecule has 3 aromatic rings. The summed E-state index contributed by atoms with van der Waals surface area (Å²) in [5.74, 6) is 1.31. The van der Waals surface area contributed by atoms with Gasteiger partial charge in [-0.3, -0.25) is 14.9 Å². The molecule has 1 N–H and O–H groups in total. The molecule has 10 nitrogen and oxygen atoms in total. The molecule has 0 bridgehead atoms. The number of hydrogen-bond donors (Lipinski definition) is 1. The minimum Gasteiger partial charge on any atom is -0.454 e. The van der Waals surface area contributed by atoms with Crippen molar-refractivity contribution in [2.24, 2.45) is 0 Å². The van der Waals surface area contributed by atoms with Crippen LogP contribution in [-0.4, -0.2) is 33.6 Å². The van der Waals surface area contributed by atoms with Crippen LogP contribution in [-0.2, 0) is 4.79 Å². The Balaban J connectivity index is 1.36. The predicted molar refractivity (Wildman–Crippen MR) is 103 cm³/mol. The molecule has 0 unspecified atom stereocenters. The van der Waals surface area contributed by atoms with Gasteiger partial charge in [-0.15, -0.1) is 10.2 Å². The summed E-state index contributed by atoms with van der Waals surface area (Å²) in [5.41, 5.74) is 1.75. The fraction of sp³-hybridized carbons (Fsp3) is 0.167. The van der Waals surface area contributed by atoms with Crippen molar-refractivity contribution in [2.75, 3.05) is 17.9 Å². The Bertz CT molecular complexity index is 1100. The highest BCUT2D eigenvalue weighted by Crippen LogP contribution is 2.36. The fourth-order valence-corrected chi connectivity index (χ4v) is 3.19. The van der Waals surface area contributed by atoms with Crippen molar-refractivity contribution in [3.63, 3.8) is 0 Å². The lowest BCUT2D eigenvalue weighted by molar-refractivity contribution is -0.384. The standard InChI is InChI=1S/C18H14N4O6S/c1-10-6-12(22(24)25)3-4-13(10)19-16(23)8-29-18-21-20-17(28-18)11-2-5-14-15(7-11)27-9-26-14/h2-7H,8-9H2,1H3,(H,19,23). The molecule has 2 heterocycles. The van der Waals surface area contributed by atoms with E-state index in [0.717, 1.165) is 11.8 Å². The lowest BCUT2D eigenvalue weighted by Crippen LogP contribution is -2.14. The number of amides is 1. The van der Waals surface area contributed by atoms with E-state index in [1.54, 1.807) is 25.1 Å². The Morgan fingerprint density at radius 2 is 2.03 bits per heavy atom. The summed E-state index contributed by atoms with van der Waals surface area (Å²) in [6.45, 7) is 1.86. The van der Waals surface area contributed by atoms with E-state index in [4.69, 9.17) is 13.9 Å². The number of thioether (sulfide) groups is 1. The van der Waals surface area contributed by atoms with E-state index in [0.29, 0.717) is 34.2 Å². The van der Waals surface area contributed by atoms with Crippen LogP contribution in [0.2, 0.25) is 0 Å². The largest absolute Gasteiger partial charge is 0.454 e. The number of ether oxygens (including phenoxy) is 2. The van der Waals surface area contributed by atoms with Crippen molar-refractivity contribution < 1.29 is 23.6 Å². The van der Waals surface area contributed by atoms with Gasteiger partial charge in [-0.05, 0) is 36.8 Å². The number of hydrogen-bond acceptors (Lipinski definition) is 9. The molecule has 0 fully saturated rings. The van der Waals surface area contributed by atoms with E-state index < -0.39 is 4.92 Å². The molecular formula is C18H14N4O6S. The second-order valence-corrected chi connectivity index (χ2v) is 6.96. The number of nitro benzene ring substituents is 1. The third kappa shape index (κ3) is 4.14. The van der Waals surface area contributed by atoms with Gasteiger partial charge in [-0.1, -0.05) is 11.8 Å². The molecular weight excluding hydrogens is 400 g/mol. The molecule has 1 amide bonds. The summed E-state index contributed by atoms with van der Waals surface area (Å²) in [6, 6.07) is 9.52. The number of carbonyl (C=O) groups is 1. The number of non-ortho nitro benzene ring substituents is 1. The van der Waals surface area contributed by atoms with E-state index in [2.05, 4.69) is 15.5 Å². The minimum absolute atomic E-state index is 0.0308. The number of rotatable bonds is 6. The summed E-state index contributed by atoms with van der Waals surface area (Å²) < 4.78 is 16.2. The molecule has 148 valence electrons. The van der Waals surface area contributed by atoms with Gasteiger partial charge in [0, 0.05) is 23.4 Å². The Labute approximate surface area is 168 Å². The maximum absolute atomic E-state index is 12.2. The number of fused-ring (bicyclic) bond motifs is 1. The van der Waals surface area contributed by atoms with Crippen molar-refractivity contribution >= 4 is 29.0 Å². The number of nitrogens with one attached hydrogen (secondary N) is 1. The second-order valence-electron chi connectivity index (χ2n) is 6.03. The monoisotopic (exact) mass is 414 g/mol. The molecule has 2 aromatic carbocycles. The van der Waals surface area contributed by atoms with Gasteiger partial charge < -0.3 is 19.2 Å². The van der Waals surface area contributed by atoms with Crippen LogP contribution in [0.15, 0.2) is 46.0 Å². The van der Waals surface area contributed by atoms with Crippen LogP contribution in [0.5, 0.6) is 11.5 Å². The van der Waals surface area contributed by atoms with Gasteiger partial charge in [0.05, 0.1) is 10.7 Å². The highest BCUT2D eigenvalue weighted by molar-refractivity contribution is 7.99. The maximum Gasteiger partial charge on any atom is 0.277 e. The van der Waals surface area contributed by atoms with Crippen LogP contribution < -0.4 is 14.8 Å². The molecule has 29 heavy (non-hydrogen) atoms. The SMILES string of the molecule is Cc1cc([N+](=O)[O-])ccc1NC(=O)CSc1nnc(-c2ccc3c(c2)OCO3)o1. The van der Waals surface area contributed by atoms with E-state index >= 15 is 0 Å². The van der Waals surface area contributed by atoms with Gasteiger partial charge in [-0.2, -0.15) is 0 Å². The smallest absolute Gasteiger partial charge is 0.277 e. The number of anilines is 1. The van der Waals surface area contributed by atoms with Crippen LogP contribution in [0.1, 0.15) is 5.56 Å². The molecule has 11 heteroatoms. The first-order valence-corrected chi connectivity index (χ1v) is 9.39. The van der Waals surface area contributed by atoms with Gasteiger partial charge in [-0.25, -0.2) is 0 Å². The normalized spacial score (nSPS) is 12.0. The van der Waals surface area contributed by atoms with Crippen molar-refractivity contribution in [1.29, 1.82) is 0 Å². The number of nitro groups is 1. The Morgan fingerprint density at radius 3 is 2.83 bits per heavy atom. The molecule has 0 spiro atoms. The zero-order chi connectivity index (χ0) is 20.4. The number of carbonyl (C=O) groups excluding carboxylic acids is 1. The number of aromatic nitrogens is 2. The summed E-state index contributed by atoms with van der Waals surface area (Å²) in [6.07, 6.45) is 0. The Kier molecular flexibility index (Phi) is 5.04. The van der Waals surface area contributed by atoms with Gasteiger partial charge >= 0.3 is 0 Å². The molecule has 0 aliphatic carbocycles. The van der Waals surface area contributed by atoms with Gasteiger partial charge in [0.15, 0.2) is 11.5 Å². The van der Waals surface area contributed by atoms with Gasteiger partial charge in [0.2, 0.25) is 18.6 Å². The quantitative estimate of drug-likeness (QED) is 0.366. The first kappa shape index (κ1) is 18.7. The lowest BCUT2D eigenvalue weighted by atomic mass is 10.2. The summed E-state index contributed by atoms with van der Waals surface area (Å²) in [5, 5.41) is 21.7. The zero-order valence-electron chi connectivity index (χ0n) is 15.1. The second kappa shape index (κ2) is 7.80. The topological polar surface area (TPSA) is 130 Å². The lowest BCUT2D eigenvalue weighted by Gasteiger charge is -2.07. The van der Waals surface area contributed by atoms with E-state index in [9.17, 15) is 14.9 Å². The third-order valence-corrected chi connectivity index (χ3v) is 4.87. The summed E-state index contributed by atoms with van der Waals surface area (Å²) in [7, 11) is 0. The number of nitrogens with zero attached hydrogens (tertiary/aromatic N) is 3. The van der Waals surface area contributed by atoms with Crippen LogP contribution in [0.3, 0.4) is 0 Å². The summed E-state index contributed by atoms with van der Waals surface area (Å²) >= 11 is 1.09. The Hall–Kier alpha value is -3.60. The molecule has 0 atom stereocenters. The van der Waals surface area contributed by atoms with Crippen molar-refractivity contribution in [3.05, 3.63) is 52.1 Å². The Morgan fingerprint density at radius 1 is 1.21 bits per heavy atom. The molecule has 4 rings (SSSR count). The van der Waals surface area contributed by atoms with Crippen LogP contribution in [0.4, 0.5) is 11.4 Å². The molecule has 0 saturated carbocycles. The number of benzene rings is 2. The average molecular weight is 414 g/mol. The zero-order valence-corrected chi connectivity index (χ0v) is 15.9.